The Morgan fingerprint density at radius 1 is 1.00 bits per heavy atom. The normalized spacial score (nSPS) is 9.78. The van der Waals surface area contributed by atoms with Gasteiger partial charge in [0.1, 0.15) is 24.7 Å². The van der Waals surface area contributed by atoms with E-state index >= 15 is 0 Å². The average molecular weight is 330 g/mol. The molecule has 2 rings (SSSR count). The summed E-state index contributed by atoms with van der Waals surface area (Å²) in [5, 5.41) is 5.53. The van der Waals surface area contributed by atoms with Crippen LogP contribution in [0.1, 0.15) is 10.4 Å². The van der Waals surface area contributed by atoms with Gasteiger partial charge in [-0.1, -0.05) is 24.3 Å². The summed E-state index contributed by atoms with van der Waals surface area (Å²) in [5.41, 5.74) is 0.476. The number of carbonyl (C=O) groups is 1. The molecule has 0 heterocycles. The molecule has 0 aromatic heterocycles. The first-order valence-corrected chi connectivity index (χ1v) is 7.53. The van der Waals surface area contributed by atoms with E-state index in [1.807, 2.05) is 30.3 Å². The smallest absolute Gasteiger partial charge is 0.257 e. The zero-order valence-electron chi connectivity index (χ0n) is 12.7. The Labute approximate surface area is 140 Å². The van der Waals surface area contributed by atoms with Crippen molar-refractivity contribution in [3.05, 3.63) is 60.2 Å². The standard InChI is InChI=1S/C17H18N2O3S/c1-18-17(23)19-16(20)13-6-5-9-15(12-13)22-11-10-21-14-7-3-2-4-8-14/h2-9,12H,10-11H2,1H3,(H2,18,19,20,23). The SMILES string of the molecule is CNC(=S)NC(=O)c1cccc(OCCOc2ccccc2)c1. The van der Waals surface area contributed by atoms with Gasteiger partial charge in [0.2, 0.25) is 0 Å². The van der Waals surface area contributed by atoms with Crippen molar-refractivity contribution in [2.75, 3.05) is 20.3 Å². The average Bonchev–Trinajstić information content (AvgIpc) is 2.59. The number of ether oxygens (including phenoxy) is 2. The van der Waals surface area contributed by atoms with Gasteiger partial charge in [-0.15, -0.1) is 0 Å². The van der Waals surface area contributed by atoms with Crippen molar-refractivity contribution in [1.29, 1.82) is 0 Å². The summed E-state index contributed by atoms with van der Waals surface area (Å²) in [5.74, 6) is 1.12. The molecule has 2 N–H and O–H groups in total. The van der Waals surface area contributed by atoms with Gasteiger partial charge in [0.25, 0.3) is 5.91 Å². The van der Waals surface area contributed by atoms with Crippen molar-refractivity contribution in [2.24, 2.45) is 0 Å². The maximum atomic E-state index is 12.0. The van der Waals surface area contributed by atoms with E-state index in [0.29, 0.717) is 24.5 Å². The summed E-state index contributed by atoms with van der Waals surface area (Å²) < 4.78 is 11.1. The van der Waals surface area contributed by atoms with E-state index < -0.39 is 0 Å². The summed E-state index contributed by atoms with van der Waals surface area (Å²) in [6.07, 6.45) is 0. The maximum absolute atomic E-state index is 12.0. The number of carbonyl (C=O) groups excluding carboxylic acids is 1. The first-order valence-electron chi connectivity index (χ1n) is 7.13. The fourth-order valence-electron chi connectivity index (χ4n) is 1.80. The molecule has 2 aromatic carbocycles. The number of benzene rings is 2. The Kier molecular flexibility index (Phi) is 6.38. The van der Waals surface area contributed by atoms with Crippen LogP contribution in [0.25, 0.3) is 0 Å². The minimum absolute atomic E-state index is 0.276. The molecule has 0 aliphatic carbocycles. The van der Waals surface area contributed by atoms with Gasteiger partial charge in [0, 0.05) is 12.6 Å². The van der Waals surface area contributed by atoms with Gasteiger partial charge in [0.15, 0.2) is 5.11 Å². The lowest BCUT2D eigenvalue weighted by Gasteiger charge is -2.10. The second kappa shape index (κ2) is 8.75. The molecule has 0 bridgehead atoms. The molecule has 23 heavy (non-hydrogen) atoms. The summed E-state index contributed by atoms with van der Waals surface area (Å²) in [4.78, 5) is 12.0. The molecule has 6 heteroatoms. The minimum atomic E-state index is -0.282. The molecular formula is C17H18N2O3S. The van der Waals surface area contributed by atoms with Gasteiger partial charge in [-0.05, 0) is 42.5 Å². The lowest BCUT2D eigenvalue weighted by atomic mass is 10.2. The Hall–Kier alpha value is -2.60. The molecule has 2 aromatic rings. The molecule has 0 atom stereocenters. The van der Waals surface area contributed by atoms with Crippen LogP contribution in [0.5, 0.6) is 11.5 Å². The number of nitrogens with one attached hydrogen (secondary N) is 2. The third-order valence-electron chi connectivity index (χ3n) is 2.91. The van der Waals surface area contributed by atoms with Gasteiger partial charge in [-0.2, -0.15) is 0 Å². The Morgan fingerprint density at radius 3 is 2.35 bits per heavy atom. The van der Waals surface area contributed by atoms with E-state index in [0.717, 1.165) is 5.75 Å². The number of amides is 1. The molecular weight excluding hydrogens is 312 g/mol. The van der Waals surface area contributed by atoms with Crippen LogP contribution in [0.15, 0.2) is 54.6 Å². The molecule has 0 fully saturated rings. The lowest BCUT2D eigenvalue weighted by Crippen LogP contribution is -2.37. The second-order valence-electron chi connectivity index (χ2n) is 4.57. The monoisotopic (exact) mass is 330 g/mol. The first-order chi connectivity index (χ1) is 11.2. The quantitative estimate of drug-likeness (QED) is 0.629. The summed E-state index contributed by atoms with van der Waals surface area (Å²) in [7, 11) is 1.65. The van der Waals surface area contributed by atoms with Crippen LogP contribution in [0.4, 0.5) is 0 Å². The summed E-state index contributed by atoms with van der Waals surface area (Å²) in [6.45, 7) is 0.805. The molecule has 0 spiro atoms. The molecule has 0 unspecified atom stereocenters. The zero-order chi connectivity index (χ0) is 16.5. The van der Waals surface area contributed by atoms with Crippen molar-refractivity contribution >= 4 is 23.2 Å². The molecule has 1 amide bonds. The van der Waals surface area contributed by atoms with Crippen LogP contribution in [0.3, 0.4) is 0 Å². The van der Waals surface area contributed by atoms with Crippen LogP contribution in [0.2, 0.25) is 0 Å². The van der Waals surface area contributed by atoms with Crippen LogP contribution in [-0.4, -0.2) is 31.3 Å². The molecule has 0 saturated carbocycles. The summed E-state index contributed by atoms with van der Waals surface area (Å²) in [6, 6.07) is 16.4. The van der Waals surface area contributed by atoms with Gasteiger partial charge in [-0.3, -0.25) is 10.1 Å². The van der Waals surface area contributed by atoms with E-state index in [-0.39, 0.29) is 11.0 Å². The van der Waals surface area contributed by atoms with Crippen LogP contribution >= 0.6 is 12.2 Å². The minimum Gasteiger partial charge on any atom is -0.490 e. The fraction of sp³-hybridized carbons (Fsp3) is 0.176. The number of hydrogen-bond acceptors (Lipinski definition) is 4. The highest BCUT2D eigenvalue weighted by Gasteiger charge is 2.08. The lowest BCUT2D eigenvalue weighted by molar-refractivity contribution is 0.0976. The third kappa shape index (κ3) is 5.60. The predicted octanol–water partition coefficient (Wildman–Crippen LogP) is 2.38. The van der Waals surface area contributed by atoms with E-state index in [1.165, 1.54) is 0 Å². The molecule has 0 radical (unpaired) electrons. The third-order valence-corrected chi connectivity index (χ3v) is 3.22. The van der Waals surface area contributed by atoms with Crippen LogP contribution in [-0.2, 0) is 0 Å². The van der Waals surface area contributed by atoms with E-state index in [1.54, 1.807) is 31.3 Å². The number of para-hydroxylation sites is 1. The highest BCUT2D eigenvalue weighted by Crippen LogP contribution is 2.14. The first kappa shape index (κ1) is 16.8. The second-order valence-corrected chi connectivity index (χ2v) is 4.98. The van der Waals surface area contributed by atoms with Crippen LogP contribution in [0, 0.1) is 0 Å². The van der Waals surface area contributed by atoms with E-state index in [2.05, 4.69) is 10.6 Å². The van der Waals surface area contributed by atoms with Crippen LogP contribution < -0.4 is 20.1 Å². The maximum Gasteiger partial charge on any atom is 0.257 e. The van der Waals surface area contributed by atoms with E-state index in [4.69, 9.17) is 21.7 Å². The number of rotatable bonds is 6. The predicted molar refractivity (Wildman–Crippen MR) is 93.0 cm³/mol. The van der Waals surface area contributed by atoms with Gasteiger partial charge in [-0.25, -0.2) is 0 Å². The molecule has 5 nitrogen and oxygen atoms in total. The number of hydrogen-bond donors (Lipinski definition) is 2. The largest absolute Gasteiger partial charge is 0.490 e. The van der Waals surface area contributed by atoms with Gasteiger partial charge >= 0.3 is 0 Å². The van der Waals surface area contributed by atoms with Crippen molar-refractivity contribution in [1.82, 2.24) is 10.6 Å². The Balaban J connectivity index is 1.83. The Morgan fingerprint density at radius 2 is 1.65 bits per heavy atom. The Bertz CT molecular complexity index is 662. The van der Waals surface area contributed by atoms with Crippen molar-refractivity contribution in [3.63, 3.8) is 0 Å². The molecule has 0 aliphatic heterocycles. The topological polar surface area (TPSA) is 59.6 Å². The number of thiocarbonyl (C=S) groups is 1. The fourth-order valence-corrected chi connectivity index (χ4v) is 1.89. The molecule has 0 saturated heterocycles. The van der Waals surface area contributed by atoms with Crippen molar-refractivity contribution in [3.8, 4) is 11.5 Å². The van der Waals surface area contributed by atoms with Gasteiger partial charge < -0.3 is 14.8 Å². The highest BCUT2D eigenvalue weighted by molar-refractivity contribution is 7.80. The zero-order valence-corrected chi connectivity index (χ0v) is 13.6. The van der Waals surface area contributed by atoms with E-state index in [9.17, 15) is 4.79 Å². The molecule has 0 aliphatic rings. The van der Waals surface area contributed by atoms with Gasteiger partial charge in [0.05, 0.1) is 0 Å². The molecule has 120 valence electrons. The summed E-state index contributed by atoms with van der Waals surface area (Å²) >= 11 is 4.91. The highest BCUT2D eigenvalue weighted by atomic mass is 32.1. The van der Waals surface area contributed by atoms with Crippen molar-refractivity contribution in [2.45, 2.75) is 0 Å². The van der Waals surface area contributed by atoms with Crippen molar-refractivity contribution < 1.29 is 14.3 Å².